The molecule has 0 fully saturated rings. The smallest absolute Gasteiger partial charge is 0.244 e. The van der Waals surface area contributed by atoms with E-state index in [1.165, 1.54) is 18.3 Å². The molecule has 0 aliphatic rings. The van der Waals surface area contributed by atoms with Crippen molar-refractivity contribution in [2.45, 2.75) is 11.4 Å². The minimum absolute atomic E-state index is 0.0380. The lowest BCUT2D eigenvalue weighted by molar-refractivity contribution is 0.581. The van der Waals surface area contributed by atoms with Crippen molar-refractivity contribution in [2.75, 3.05) is 5.43 Å². The molecule has 1 heterocycles. The molecule has 0 spiro atoms. The molecular formula is C13H13N5O2S. The lowest BCUT2D eigenvalue weighted by Gasteiger charge is -2.10. The van der Waals surface area contributed by atoms with E-state index in [1.807, 2.05) is 6.07 Å². The van der Waals surface area contributed by atoms with Crippen LogP contribution in [0.1, 0.15) is 11.1 Å². The molecule has 21 heavy (non-hydrogen) atoms. The Balaban J connectivity index is 2.20. The summed E-state index contributed by atoms with van der Waals surface area (Å²) in [7, 11) is -3.76. The van der Waals surface area contributed by atoms with Gasteiger partial charge in [0.1, 0.15) is 4.90 Å². The van der Waals surface area contributed by atoms with E-state index in [0.29, 0.717) is 11.1 Å². The zero-order valence-corrected chi connectivity index (χ0v) is 11.8. The van der Waals surface area contributed by atoms with Crippen molar-refractivity contribution in [1.29, 1.82) is 5.26 Å². The molecular weight excluding hydrogens is 290 g/mol. The number of nitrogens with two attached hydrogens (primary N) is 1. The van der Waals surface area contributed by atoms with Gasteiger partial charge in [0.05, 0.1) is 11.6 Å². The van der Waals surface area contributed by atoms with Gasteiger partial charge in [0.2, 0.25) is 10.0 Å². The molecule has 0 bridgehead atoms. The molecule has 0 radical (unpaired) electrons. The molecule has 2 aromatic rings. The Hall–Kier alpha value is -2.47. The summed E-state index contributed by atoms with van der Waals surface area (Å²) in [4.78, 5) is 3.81. The highest BCUT2D eigenvalue weighted by Gasteiger charge is 2.18. The fraction of sp³-hybridized carbons (Fsp3) is 0.0769. The van der Waals surface area contributed by atoms with Gasteiger partial charge in [0.15, 0.2) is 5.82 Å². The molecule has 0 saturated carbocycles. The summed E-state index contributed by atoms with van der Waals surface area (Å²) in [6.07, 6.45) is 1.44. The van der Waals surface area contributed by atoms with Crippen LogP contribution >= 0.6 is 0 Å². The number of nitriles is 1. The van der Waals surface area contributed by atoms with Crippen molar-refractivity contribution in [3.05, 3.63) is 53.7 Å². The van der Waals surface area contributed by atoms with E-state index in [4.69, 9.17) is 11.1 Å². The maximum Gasteiger partial charge on any atom is 0.244 e. The molecule has 0 unspecified atom stereocenters. The second-order valence-corrected chi connectivity index (χ2v) is 5.87. The average Bonchev–Trinajstić information content (AvgIpc) is 2.53. The van der Waals surface area contributed by atoms with Gasteiger partial charge in [-0.2, -0.15) is 5.26 Å². The van der Waals surface area contributed by atoms with Crippen molar-refractivity contribution >= 4 is 15.8 Å². The van der Waals surface area contributed by atoms with Gasteiger partial charge < -0.3 is 5.43 Å². The highest BCUT2D eigenvalue weighted by molar-refractivity contribution is 7.89. The first-order valence-corrected chi connectivity index (χ1v) is 7.45. The Morgan fingerprint density at radius 1 is 1.29 bits per heavy atom. The van der Waals surface area contributed by atoms with E-state index in [-0.39, 0.29) is 17.3 Å². The quantitative estimate of drug-likeness (QED) is 0.552. The number of anilines is 1. The first-order valence-electron chi connectivity index (χ1n) is 5.97. The molecule has 8 heteroatoms. The van der Waals surface area contributed by atoms with E-state index in [2.05, 4.69) is 15.1 Å². The van der Waals surface area contributed by atoms with Crippen molar-refractivity contribution < 1.29 is 8.42 Å². The summed E-state index contributed by atoms with van der Waals surface area (Å²) in [5, 5.41) is 8.82. The third kappa shape index (κ3) is 3.55. The first kappa shape index (κ1) is 14.9. The van der Waals surface area contributed by atoms with Crippen LogP contribution in [-0.4, -0.2) is 13.4 Å². The molecule has 0 atom stereocenters. The second kappa shape index (κ2) is 6.32. The third-order valence-electron chi connectivity index (χ3n) is 2.72. The average molecular weight is 303 g/mol. The molecule has 1 aromatic heterocycles. The fourth-order valence-electron chi connectivity index (χ4n) is 1.72. The monoisotopic (exact) mass is 303 g/mol. The van der Waals surface area contributed by atoms with Crippen molar-refractivity contribution in [3.63, 3.8) is 0 Å². The number of pyridine rings is 1. The van der Waals surface area contributed by atoms with E-state index < -0.39 is 10.0 Å². The van der Waals surface area contributed by atoms with Crippen LogP contribution in [0.3, 0.4) is 0 Å². The van der Waals surface area contributed by atoms with Crippen LogP contribution in [-0.2, 0) is 16.6 Å². The van der Waals surface area contributed by atoms with E-state index in [0.717, 1.165) is 0 Å². The lowest BCUT2D eigenvalue weighted by Crippen LogP contribution is -2.25. The minimum Gasteiger partial charge on any atom is -0.307 e. The van der Waals surface area contributed by atoms with E-state index >= 15 is 0 Å². The van der Waals surface area contributed by atoms with Crippen LogP contribution in [0.25, 0.3) is 0 Å². The van der Waals surface area contributed by atoms with Gasteiger partial charge in [0.25, 0.3) is 0 Å². The largest absolute Gasteiger partial charge is 0.307 e. The van der Waals surface area contributed by atoms with Crippen LogP contribution < -0.4 is 16.0 Å². The molecule has 1 aromatic carbocycles. The van der Waals surface area contributed by atoms with Gasteiger partial charge in [0, 0.05) is 12.7 Å². The number of hydrogen-bond donors (Lipinski definition) is 3. The molecule has 0 amide bonds. The Morgan fingerprint density at radius 3 is 2.81 bits per heavy atom. The Morgan fingerprint density at radius 2 is 2.10 bits per heavy atom. The van der Waals surface area contributed by atoms with Crippen LogP contribution in [0.2, 0.25) is 0 Å². The second-order valence-electron chi connectivity index (χ2n) is 4.13. The number of hydrazine groups is 1. The summed E-state index contributed by atoms with van der Waals surface area (Å²) in [6, 6.07) is 11.6. The molecule has 108 valence electrons. The first-order chi connectivity index (χ1) is 10.1. The number of nitrogens with zero attached hydrogens (tertiary/aromatic N) is 2. The highest BCUT2D eigenvalue weighted by Crippen LogP contribution is 2.17. The third-order valence-corrected chi connectivity index (χ3v) is 4.15. The van der Waals surface area contributed by atoms with E-state index in [9.17, 15) is 8.42 Å². The molecule has 2 rings (SSSR count). The van der Waals surface area contributed by atoms with Crippen LogP contribution in [0, 0.1) is 11.3 Å². The zero-order chi connectivity index (χ0) is 15.3. The minimum atomic E-state index is -3.76. The normalized spacial score (nSPS) is 10.9. The number of benzene rings is 1. The molecule has 0 aliphatic heterocycles. The van der Waals surface area contributed by atoms with Crippen molar-refractivity contribution in [3.8, 4) is 6.07 Å². The Labute approximate surface area is 122 Å². The summed E-state index contributed by atoms with van der Waals surface area (Å²) in [5.41, 5.74) is 3.40. The van der Waals surface area contributed by atoms with Gasteiger partial charge in [-0.1, -0.05) is 12.1 Å². The number of sulfonamides is 1. The molecule has 0 saturated heterocycles. The SMILES string of the molecule is N#Cc1cccc(CNS(=O)(=O)c2cccnc2NN)c1. The zero-order valence-electron chi connectivity index (χ0n) is 10.9. The van der Waals surface area contributed by atoms with Gasteiger partial charge in [-0.3, -0.25) is 0 Å². The van der Waals surface area contributed by atoms with Crippen LogP contribution in [0.5, 0.6) is 0 Å². The predicted molar refractivity (Wildman–Crippen MR) is 77.2 cm³/mol. The van der Waals surface area contributed by atoms with Gasteiger partial charge in [-0.15, -0.1) is 0 Å². The van der Waals surface area contributed by atoms with E-state index in [1.54, 1.807) is 24.3 Å². The Kier molecular flexibility index (Phi) is 4.49. The van der Waals surface area contributed by atoms with Gasteiger partial charge >= 0.3 is 0 Å². The number of hydrogen-bond acceptors (Lipinski definition) is 6. The Bertz CT molecular complexity index is 783. The summed E-state index contributed by atoms with van der Waals surface area (Å²) in [6.45, 7) is 0.0662. The molecule has 7 nitrogen and oxygen atoms in total. The summed E-state index contributed by atoms with van der Waals surface area (Å²) < 4.78 is 26.9. The van der Waals surface area contributed by atoms with Gasteiger partial charge in [-0.25, -0.2) is 24.0 Å². The predicted octanol–water partition coefficient (Wildman–Crippen LogP) is 0.717. The molecule has 0 aliphatic carbocycles. The van der Waals surface area contributed by atoms with Crippen molar-refractivity contribution in [2.24, 2.45) is 5.84 Å². The summed E-state index contributed by atoms with van der Waals surface area (Å²) in [5.74, 6) is 5.32. The van der Waals surface area contributed by atoms with Crippen molar-refractivity contribution in [1.82, 2.24) is 9.71 Å². The summed E-state index contributed by atoms with van der Waals surface area (Å²) >= 11 is 0. The maximum atomic E-state index is 12.2. The number of rotatable bonds is 5. The highest BCUT2D eigenvalue weighted by atomic mass is 32.2. The van der Waals surface area contributed by atoms with Crippen LogP contribution in [0.15, 0.2) is 47.5 Å². The number of nitrogen functional groups attached to an aromatic ring is 1. The maximum absolute atomic E-state index is 12.2. The lowest BCUT2D eigenvalue weighted by atomic mass is 10.1. The number of nitrogens with one attached hydrogen (secondary N) is 2. The van der Waals surface area contributed by atoms with Crippen LogP contribution in [0.4, 0.5) is 5.82 Å². The fourth-order valence-corrected chi connectivity index (χ4v) is 2.86. The molecule has 4 N–H and O–H groups in total. The van der Waals surface area contributed by atoms with Gasteiger partial charge in [-0.05, 0) is 29.8 Å². The topological polar surface area (TPSA) is 121 Å². The number of aromatic nitrogens is 1. The standard InChI is InChI=1S/C13H13N5O2S/c14-8-10-3-1-4-11(7-10)9-17-21(19,20)12-5-2-6-16-13(12)18-15/h1-7,17H,9,15H2,(H,16,18).